The number of halogens is 4. The molecule has 0 aromatic heterocycles. The van der Waals surface area contributed by atoms with Crippen molar-refractivity contribution in [3.8, 4) is 0 Å². The van der Waals surface area contributed by atoms with Crippen LogP contribution in [0.2, 0.25) is 10.0 Å². The Bertz CT molecular complexity index is 634. The molecule has 2 aromatic rings. The molecule has 2 aromatic carbocycles. The van der Waals surface area contributed by atoms with Gasteiger partial charge in [-0.2, -0.15) is 0 Å². The van der Waals surface area contributed by atoms with E-state index in [0.29, 0.717) is 14.5 Å². The second-order valence-corrected chi connectivity index (χ2v) is 6.58. The van der Waals surface area contributed by atoms with Gasteiger partial charge in [-0.3, -0.25) is 0 Å². The zero-order chi connectivity index (χ0) is 15.4. The molecule has 0 radical (unpaired) electrons. The number of nitrogens with one attached hydrogen (secondary N) is 1. The Hall–Kier alpha value is -0.610. The Balaban J connectivity index is 2.10. The van der Waals surface area contributed by atoms with E-state index in [1.165, 1.54) is 6.07 Å². The summed E-state index contributed by atoms with van der Waals surface area (Å²) in [5, 5.41) is 4.58. The predicted octanol–water partition coefficient (Wildman–Crippen LogP) is 5.27. The largest absolute Gasteiger partial charge is 0.316 e. The Morgan fingerprint density at radius 2 is 1.90 bits per heavy atom. The van der Waals surface area contributed by atoms with Crippen LogP contribution in [0.3, 0.4) is 0 Å². The Morgan fingerprint density at radius 1 is 1.14 bits per heavy atom. The smallest absolute Gasteiger partial charge is 0.137 e. The van der Waals surface area contributed by atoms with Gasteiger partial charge in [0.25, 0.3) is 0 Å². The average molecular weight is 391 g/mol. The first-order chi connectivity index (χ1) is 9.99. The highest BCUT2D eigenvalue weighted by molar-refractivity contribution is 9.10. The van der Waals surface area contributed by atoms with Crippen molar-refractivity contribution in [2.24, 2.45) is 0 Å². The lowest BCUT2D eigenvalue weighted by Crippen LogP contribution is -2.30. The molecule has 0 saturated heterocycles. The lowest BCUT2D eigenvalue weighted by molar-refractivity contribution is 0.555. The van der Waals surface area contributed by atoms with Gasteiger partial charge in [0.15, 0.2) is 0 Å². The molecular weight excluding hydrogens is 376 g/mol. The summed E-state index contributed by atoms with van der Waals surface area (Å²) in [6, 6.07) is 10.8. The van der Waals surface area contributed by atoms with Crippen LogP contribution < -0.4 is 5.32 Å². The Morgan fingerprint density at radius 3 is 2.52 bits per heavy atom. The second-order valence-electron chi connectivity index (χ2n) is 4.88. The molecule has 0 saturated carbocycles. The number of rotatable bonds is 5. The van der Waals surface area contributed by atoms with Crippen LogP contribution in [0.25, 0.3) is 0 Å². The van der Waals surface area contributed by atoms with Gasteiger partial charge in [0, 0.05) is 16.1 Å². The predicted molar refractivity (Wildman–Crippen MR) is 90.8 cm³/mol. The zero-order valence-corrected chi connectivity index (χ0v) is 14.6. The molecule has 5 heteroatoms. The molecule has 0 heterocycles. The SMILES string of the molecule is CNC(Cc1ccc(F)c(Br)c1)Cc1ccc(Cl)cc1Cl. The van der Waals surface area contributed by atoms with E-state index in [1.54, 1.807) is 12.1 Å². The number of benzene rings is 2. The van der Waals surface area contributed by atoms with Crippen LogP contribution in [0.1, 0.15) is 11.1 Å². The molecule has 0 aliphatic carbocycles. The quantitative estimate of drug-likeness (QED) is 0.733. The maximum absolute atomic E-state index is 13.3. The van der Waals surface area contributed by atoms with Crippen molar-refractivity contribution in [3.63, 3.8) is 0 Å². The average Bonchev–Trinajstić information content (AvgIpc) is 2.44. The van der Waals surface area contributed by atoms with Crippen molar-refractivity contribution < 1.29 is 4.39 Å². The van der Waals surface area contributed by atoms with Crippen LogP contribution in [0.5, 0.6) is 0 Å². The molecule has 0 aliphatic rings. The summed E-state index contributed by atoms with van der Waals surface area (Å²) in [6.07, 6.45) is 1.57. The van der Waals surface area contributed by atoms with E-state index in [-0.39, 0.29) is 11.9 Å². The second kappa shape index (κ2) is 7.59. The molecule has 0 amide bonds. The Labute approximate surface area is 142 Å². The fraction of sp³-hybridized carbons (Fsp3) is 0.250. The summed E-state index contributed by atoms with van der Waals surface area (Å²) in [6.45, 7) is 0. The summed E-state index contributed by atoms with van der Waals surface area (Å²) < 4.78 is 13.7. The van der Waals surface area contributed by atoms with Gasteiger partial charge < -0.3 is 5.32 Å². The van der Waals surface area contributed by atoms with Gasteiger partial charge in [0.05, 0.1) is 4.47 Å². The molecule has 1 N–H and O–H groups in total. The van der Waals surface area contributed by atoms with E-state index < -0.39 is 0 Å². The van der Waals surface area contributed by atoms with Gasteiger partial charge in [-0.05, 0) is 71.2 Å². The van der Waals surface area contributed by atoms with Crippen molar-refractivity contribution in [2.75, 3.05) is 7.05 Å². The lowest BCUT2D eigenvalue weighted by atomic mass is 9.99. The molecule has 0 aliphatic heterocycles. The third-order valence-electron chi connectivity index (χ3n) is 3.36. The number of hydrogen-bond acceptors (Lipinski definition) is 1. The standard InChI is InChI=1S/C16H15BrCl2FN/c1-21-13(6-10-2-5-16(20)14(17)7-10)8-11-3-4-12(18)9-15(11)19/h2-5,7,9,13,21H,6,8H2,1H3. The van der Waals surface area contributed by atoms with E-state index in [9.17, 15) is 4.39 Å². The molecule has 1 unspecified atom stereocenters. The summed E-state index contributed by atoms with van der Waals surface area (Å²) in [7, 11) is 1.91. The highest BCUT2D eigenvalue weighted by Crippen LogP contribution is 2.23. The van der Waals surface area contributed by atoms with E-state index in [2.05, 4.69) is 21.2 Å². The lowest BCUT2D eigenvalue weighted by Gasteiger charge is -2.17. The topological polar surface area (TPSA) is 12.0 Å². The van der Waals surface area contributed by atoms with Crippen LogP contribution in [0.15, 0.2) is 40.9 Å². The van der Waals surface area contributed by atoms with Crippen molar-refractivity contribution in [3.05, 3.63) is 67.9 Å². The molecule has 21 heavy (non-hydrogen) atoms. The minimum atomic E-state index is -0.250. The van der Waals surface area contributed by atoms with Crippen LogP contribution in [-0.4, -0.2) is 13.1 Å². The normalized spacial score (nSPS) is 12.4. The third kappa shape index (κ3) is 4.68. The Kier molecular flexibility index (Phi) is 6.06. The molecule has 0 bridgehead atoms. The first kappa shape index (κ1) is 16.8. The van der Waals surface area contributed by atoms with E-state index in [0.717, 1.165) is 24.0 Å². The maximum atomic E-state index is 13.3. The monoisotopic (exact) mass is 389 g/mol. The summed E-state index contributed by atoms with van der Waals surface area (Å²) in [5.74, 6) is -0.250. The van der Waals surface area contributed by atoms with Gasteiger partial charge in [-0.1, -0.05) is 35.3 Å². The number of likely N-dealkylation sites (N-methyl/N-ethyl adjacent to an activating group) is 1. The maximum Gasteiger partial charge on any atom is 0.137 e. The minimum Gasteiger partial charge on any atom is -0.316 e. The molecule has 112 valence electrons. The summed E-state index contributed by atoms with van der Waals surface area (Å²) >= 11 is 15.3. The van der Waals surface area contributed by atoms with Gasteiger partial charge >= 0.3 is 0 Å². The molecule has 2 rings (SSSR count). The van der Waals surface area contributed by atoms with Crippen molar-refractivity contribution in [2.45, 2.75) is 18.9 Å². The third-order valence-corrected chi connectivity index (χ3v) is 4.55. The van der Waals surface area contributed by atoms with Crippen LogP contribution in [0, 0.1) is 5.82 Å². The first-order valence-electron chi connectivity index (χ1n) is 6.54. The van der Waals surface area contributed by atoms with E-state index in [4.69, 9.17) is 23.2 Å². The molecule has 0 spiro atoms. The molecular formula is C16H15BrCl2FN. The van der Waals surface area contributed by atoms with Gasteiger partial charge in [-0.25, -0.2) is 4.39 Å². The van der Waals surface area contributed by atoms with Gasteiger partial charge in [-0.15, -0.1) is 0 Å². The fourth-order valence-corrected chi connectivity index (χ4v) is 3.09. The number of hydrogen-bond donors (Lipinski definition) is 1. The van der Waals surface area contributed by atoms with Crippen molar-refractivity contribution in [1.82, 2.24) is 5.32 Å². The van der Waals surface area contributed by atoms with Gasteiger partial charge in [0.2, 0.25) is 0 Å². The van der Waals surface area contributed by atoms with E-state index in [1.807, 2.05) is 25.2 Å². The molecule has 1 nitrogen and oxygen atoms in total. The minimum absolute atomic E-state index is 0.209. The van der Waals surface area contributed by atoms with Gasteiger partial charge in [0.1, 0.15) is 5.82 Å². The molecule has 0 fully saturated rings. The zero-order valence-electron chi connectivity index (χ0n) is 11.5. The fourth-order valence-electron chi connectivity index (χ4n) is 2.18. The van der Waals surface area contributed by atoms with Crippen molar-refractivity contribution >= 4 is 39.1 Å². The van der Waals surface area contributed by atoms with Crippen molar-refractivity contribution in [1.29, 1.82) is 0 Å². The van der Waals surface area contributed by atoms with Crippen LogP contribution >= 0.6 is 39.1 Å². The van der Waals surface area contributed by atoms with E-state index >= 15 is 0 Å². The highest BCUT2D eigenvalue weighted by atomic mass is 79.9. The summed E-state index contributed by atoms with van der Waals surface area (Å²) in [4.78, 5) is 0. The van der Waals surface area contributed by atoms with Crippen LogP contribution in [0.4, 0.5) is 4.39 Å². The first-order valence-corrected chi connectivity index (χ1v) is 8.09. The highest BCUT2D eigenvalue weighted by Gasteiger charge is 2.12. The van der Waals surface area contributed by atoms with Crippen LogP contribution in [-0.2, 0) is 12.8 Å². The molecule has 1 atom stereocenters. The summed E-state index contributed by atoms with van der Waals surface area (Å²) in [5.41, 5.74) is 2.11.